The van der Waals surface area contributed by atoms with Crippen molar-refractivity contribution in [3.8, 4) is 0 Å². The van der Waals surface area contributed by atoms with Crippen molar-refractivity contribution in [2.75, 3.05) is 6.54 Å². The number of carbonyl (C=O) groups is 2. The highest BCUT2D eigenvalue weighted by molar-refractivity contribution is 5.88. The summed E-state index contributed by atoms with van der Waals surface area (Å²) in [6.07, 6.45) is 0.482. The Bertz CT molecular complexity index is 1140. The Hall–Kier alpha value is -3.47. The molecule has 0 saturated heterocycles. The molecule has 0 bridgehead atoms. The Labute approximate surface area is 208 Å². The molecular formula is C30H35FN2O2. The zero-order chi connectivity index (χ0) is 25.4. The minimum Gasteiger partial charge on any atom is -0.354 e. The Morgan fingerprint density at radius 2 is 1.57 bits per heavy atom. The molecule has 0 heterocycles. The summed E-state index contributed by atoms with van der Waals surface area (Å²) in [6, 6.07) is 21.2. The topological polar surface area (TPSA) is 49.4 Å². The van der Waals surface area contributed by atoms with Crippen LogP contribution in [0.2, 0.25) is 0 Å². The van der Waals surface area contributed by atoms with Crippen LogP contribution in [0.5, 0.6) is 0 Å². The van der Waals surface area contributed by atoms with Crippen molar-refractivity contribution in [1.82, 2.24) is 10.2 Å². The molecule has 184 valence electrons. The van der Waals surface area contributed by atoms with Gasteiger partial charge in [0, 0.05) is 25.1 Å². The van der Waals surface area contributed by atoms with E-state index in [4.69, 9.17) is 0 Å². The highest BCUT2D eigenvalue weighted by Crippen LogP contribution is 2.19. The van der Waals surface area contributed by atoms with Crippen molar-refractivity contribution < 1.29 is 14.0 Å². The zero-order valence-corrected chi connectivity index (χ0v) is 21.1. The number of benzene rings is 3. The van der Waals surface area contributed by atoms with Gasteiger partial charge in [-0.2, -0.15) is 0 Å². The number of hydrogen-bond donors (Lipinski definition) is 1. The van der Waals surface area contributed by atoms with Crippen molar-refractivity contribution in [3.63, 3.8) is 0 Å². The highest BCUT2D eigenvalue weighted by Gasteiger charge is 2.31. The van der Waals surface area contributed by atoms with Crippen LogP contribution in [0.1, 0.15) is 41.7 Å². The highest BCUT2D eigenvalue weighted by atomic mass is 19.1. The van der Waals surface area contributed by atoms with Crippen LogP contribution in [0, 0.1) is 25.6 Å². The van der Waals surface area contributed by atoms with Crippen LogP contribution in [0.4, 0.5) is 4.39 Å². The van der Waals surface area contributed by atoms with E-state index in [0.717, 1.165) is 22.3 Å². The standard InChI is InChI=1S/C30H35FN2O2/c1-21(2)19-32-30(35)28(17-24-10-6-5-7-11-24)33(20-26-12-8-9-13-27(26)31)29(34)18-25-15-14-22(3)23(4)16-25/h5-16,21,28H,17-20H2,1-4H3,(H,32,35)/t28-/m0/s1. The Morgan fingerprint density at radius 3 is 2.23 bits per heavy atom. The lowest BCUT2D eigenvalue weighted by atomic mass is 10.00. The first-order valence-corrected chi connectivity index (χ1v) is 12.1. The summed E-state index contributed by atoms with van der Waals surface area (Å²) >= 11 is 0. The lowest BCUT2D eigenvalue weighted by Crippen LogP contribution is -2.51. The molecule has 0 saturated carbocycles. The predicted molar refractivity (Wildman–Crippen MR) is 138 cm³/mol. The van der Waals surface area contributed by atoms with Gasteiger partial charge in [0.25, 0.3) is 0 Å². The molecule has 3 rings (SSSR count). The number of halogens is 1. The molecule has 0 radical (unpaired) electrons. The number of carbonyl (C=O) groups excluding carboxylic acids is 2. The summed E-state index contributed by atoms with van der Waals surface area (Å²) in [5, 5.41) is 2.99. The van der Waals surface area contributed by atoms with Gasteiger partial charge in [-0.3, -0.25) is 9.59 Å². The number of hydrogen-bond acceptors (Lipinski definition) is 2. The quantitative estimate of drug-likeness (QED) is 0.428. The van der Waals surface area contributed by atoms with E-state index in [9.17, 15) is 14.0 Å². The van der Waals surface area contributed by atoms with Gasteiger partial charge in [0.05, 0.1) is 6.42 Å². The molecule has 3 aromatic rings. The van der Waals surface area contributed by atoms with Gasteiger partial charge >= 0.3 is 0 Å². The average molecular weight is 475 g/mol. The molecule has 4 nitrogen and oxygen atoms in total. The summed E-state index contributed by atoms with van der Waals surface area (Å²) in [4.78, 5) is 28.7. The van der Waals surface area contributed by atoms with Gasteiger partial charge in [0.1, 0.15) is 11.9 Å². The SMILES string of the molecule is Cc1ccc(CC(=O)N(Cc2ccccc2F)[C@@H](Cc2ccccc2)C(=O)NCC(C)C)cc1C. The number of amides is 2. The third-order valence-electron chi connectivity index (χ3n) is 6.18. The molecule has 1 atom stereocenters. The fraction of sp³-hybridized carbons (Fsp3) is 0.333. The molecule has 0 spiro atoms. The molecule has 0 aliphatic carbocycles. The maximum absolute atomic E-state index is 14.6. The maximum Gasteiger partial charge on any atom is 0.243 e. The van der Waals surface area contributed by atoms with E-state index >= 15 is 0 Å². The van der Waals surface area contributed by atoms with Crippen LogP contribution < -0.4 is 5.32 Å². The van der Waals surface area contributed by atoms with Crippen LogP contribution in [0.15, 0.2) is 72.8 Å². The molecule has 3 aromatic carbocycles. The third-order valence-corrected chi connectivity index (χ3v) is 6.18. The second kappa shape index (κ2) is 12.3. The van der Waals surface area contributed by atoms with E-state index < -0.39 is 11.9 Å². The molecule has 0 aliphatic heterocycles. The lowest BCUT2D eigenvalue weighted by Gasteiger charge is -2.32. The Kier molecular flexibility index (Phi) is 9.18. The van der Waals surface area contributed by atoms with Crippen molar-refractivity contribution in [3.05, 3.63) is 106 Å². The van der Waals surface area contributed by atoms with Crippen LogP contribution in [0.25, 0.3) is 0 Å². The van der Waals surface area contributed by atoms with Gasteiger partial charge in [-0.25, -0.2) is 4.39 Å². The molecule has 1 N–H and O–H groups in total. The van der Waals surface area contributed by atoms with Crippen molar-refractivity contribution in [2.45, 2.75) is 53.1 Å². The van der Waals surface area contributed by atoms with Crippen molar-refractivity contribution in [1.29, 1.82) is 0 Å². The summed E-state index contributed by atoms with van der Waals surface area (Å²) < 4.78 is 14.6. The molecule has 0 fully saturated rings. The first kappa shape index (κ1) is 26.1. The third kappa shape index (κ3) is 7.51. The number of nitrogens with zero attached hydrogens (tertiary/aromatic N) is 1. The second-order valence-corrected chi connectivity index (χ2v) is 9.55. The molecule has 5 heteroatoms. The van der Waals surface area contributed by atoms with Crippen molar-refractivity contribution in [2.24, 2.45) is 5.92 Å². The molecule has 0 unspecified atom stereocenters. The van der Waals surface area contributed by atoms with Crippen molar-refractivity contribution >= 4 is 11.8 Å². The van der Waals surface area contributed by atoms with E-state index in [-0.39, 0.29) is 30.7 Å². The summed E-state index contributed by atoms with van der Waals surface area (Å²) in [6.45, 7) is 8.60. The summed E-state index contributed by atoms with van der Waals surface area (Å²) in [5.41, 5.74) is 4.45. The molecule has 2 amide bonds. The van der Waals surface area contributed by atoms with Gasteiger partial charge in [-0.1, -0.05) is 80.6 Å². The number of aryl methyl sites for hydroxylation is 2. The fourth-order valence-corrected chi connectivity index (χ4v) is 3.98. The van der Waals surface area contributed by atoms with Crippen LogP contribution in [0.3, 0.4) is 0 Å². The first-order chi connectivity index (χ1) is 16.7. The lowest BCUT2D eigenvalue weighted by molar-refractivity contribution is -0.140. The molecular weight excluding hydrogens is 439 g/mol. The van der Waals surface area contributed by atoms with Gasteiger partial charge in [-0.15, -0.1) is 0 Å². The normalized spacial score (nSPS) is 11.8. The molecule has 0 aromatic heterocycles. The predicted octanol–water partition coefficient (Wildman–Crippen LogP) is 5.40. The van der Waals surface area contributed by atoms with Crippen LogP contribution in [-0.2, 0) is 29.0 Å². The van der Waals surface area contributed by atoms with E-state index in [2.05, 4.69) is 5.32 Å². The van der Waals surface area contributed by atoms with E-state index in [0.29, 0.717) is 18.5 Å². The minimum atomic E-state index is -0.769. The van der Waals surface area contributed by atoms with Gasteiger partial charge in [-0.05, 0) is 48.1 Å². The monoisotopic (exact) mass is 474 g/mol. The van der Waals surface area contributed by atoms with E-state index in [1.807, 2.05) is 76.2 Å². The number of nitrogens with one attached hydrogen (secondary N) is 1. The average Bonchev–Trinajstić information content (AvgIpc) is 2.83. The minimum absolute atomic E-state index is 0.0168. The summed E-state index contributed by atoms with van der Waals surface area (Å²) in [5.74, 6) is -0.565. The van der Waals surface area contributed by atoms with Gasteiger partial charge < -0.3 is 10.2 Å². The Balaban J connectivity index is 1.98. The number of rotatable bonds is 10. The van der Waals surface area contributed by atoms with Crippen LogP contribution in [-0.4, -0.2) is 29.3 Å². The largest absolute Gasteiger partial charge is 0.354 e. The Morgan fingerprint density at radius 1 is 0.886 bits per heavy atom. The van der Waals surface area contributed by atoms with E-state index in [1.54, 1.807) is 18.2 Å². The maximum atomic E-state index is 14.6. The molecule has 35 heavy (non-hydrogen) atoms. The smallest absolute Gasteiger partial charge is 0.243 e. The van der Waals surface area contributed by atoms with Gasteiger partial charge in [0.2, 0.25) is 11.8 Å². The van der Waals surface area contributed by atoms with E-state index in [1.165, 1.54) is 11.0 Å². The van der Waals surface area contributed by atoms with Gasteiger partial charge in [0.15, 0.2) is 0 Å². The zero-order valence-electron chi connectivity index (χ0n) is 21.1. The fourth-order valence-electron chi connectivity index (χ4n) is 3.98. The second-order valence-electron chi connectivity index (χ2n) is 9.55. The molecule has 0 aliphatic rings. The first-order valence-electron chi connectivity index (χ1n) is 12.1. The van der Waals surface area contributed by atoms with Crippen LogP contribution >= 0.6 is 0 Å². The summed E-state index contributed by atoms with van der Waals surface area (Å²) in [7, 11) is 0.